The number of nitrogens with one attached hydrogen (secondary N) is 3. The van der Waals surface area contributed by atoms with Crippen molar-refractivity contribution in [2.45, 2.75) is 77.6 Å². The average Bonchev–Trinajstić information content (AvgIpc) is 3.20. The number of aromatic nitrogens is 1. The molecule has 0 spiro atoms. The van der Waals surface area contributed by atoms with Crippen LogP contribution in [0.5, 0.6) is 0 Å². The molecule has 2 aromatic rings. The number of amides is 1. The molecule has 0 aliphatic heterocycles. The number of hydrogen-bond donors (Lipinski definition) is 3. The van der Waals surface area contributed by atoms with Crippen molar-refractivity contribution in [3.8, 4) is 11.3 Å². The monoisotopic (exact) mass is 441 g/mol. The van der Waals surface area contributed by atoms with Crippen molar-refractivity contribution in [3.05, 3.63) is 41.9 Å². The Morgan fingerprint density at radius 2 is 1.75 bits per heavy atom. The van der Waals surface area contributed by atoms with Gasteiger partial charge in [-0.15, -0.1) is 0 Å². The van der Waals surface area contributed by atoms with E-state index in [1.165, 1.54) is 5.56 Å². The summed E-state index contributed by atoms with van der Waals surface area (Å²) in [6.45, 7) is 8.11. The lowest BCUT2D eigenvalue weighted by Crippen LogP contribution is -2.47. The van der Waals surface area contributed by atoms with Gasteiger partial charge in [-0.3, -0.25) is 4.99 Å². The number of rotatable bonds is 5. The number of ether oxygens (including phenoxy) is 1. The number of benzene rings is 1. The van der Waals surface area contributed by atoms with Crippen LogP contribution >= 0.6 is 0 Å². The number of aliphatic imine (C=N–C) groups is 1. The first-order valence-corrected chi connectivity index (χ1v) is 11.2. The number of aryl methyl sites for hydroxylation is 1. The van der Waals surface area contributed by atoms with Gasteiger partial charge >= 0.3 is 6.09 Å². The summed E-state index contributed by atoms with van der Waals surface area (Å²) in [7, 11) is 1.75. The van der Waals surface area contributed by atoms with Crippen LogP contribution in [0.15, 0.2) is 39.9 Å². The average molecular weight is 442 g/mol. The Hall–Kier alpha value is -3.03. The van der Waals surface area contributed by atoms with Gasteiger partial charge in [0.25, 0.3) is 0 Å². The lowest BCUT2D eigenvalue weighted by atomic mass is 9.91. The number of carbonyl (C=O) groups excluding carboxylic acids is 1. The van der Waals surface area contributed by atoms with E-state index >= 15 is 0 Å². The number of oxazole rings is 1. The molecule has 32 heavy (non-hydrogen) atoms. The minimum absolute atomic E-state index is 0.144. The Bertz CT molecular complexity index is 906. The van der Waals surface area contributed by atoms with Crippen LogP contribution in [0.3, 0.4) is 0 Å². The summed E-state index contributed by atoms with van der Waals surface area (Å²) < 4.78 is 11.2. The normalized spacial score (nSPS) is 19.3. The predicted octanol–water partition coefficient (Wildman–Crippen LogP) is 4.15. The quantitative estimate of drug-likeness (QED) is 0.476. The van der Waals surface area contributed by atoms with Gasteiger partial charge in [0.1, 0.15) is 5.60 Å². The number of carbonyl (C=O) groups is 1. The van der Waals surface area contributed by atoms with Gasteiger partial charge in [-0.2, -0.15) is 0 Å². The third-order valence-corrected chi connectivity index (χ3v) is 5.31. The maximum absolute atomic E-state index is 12.0. The zero-order chi connectivity index (χ0) is 23.1. The highest BCUT2D eigenvalue weighted by atomic mass is 16.6. The molecule has 0 radical (unpaired) electrons. The molecular weight excluding hydrogens is 406 g/mol. The van der Waals surface area contributed by atoms with E-state index in [0.29, 0.717) is 24.4 Å². The summed E-state index contributed by atoms with van der Waals surface area (Å²) >= 11 is 0. The molecule has 1 aliphatic carbocycles. The summed E-state index contributed by atoms with van der Waals surface area (Å²) in [5, 5.41) is 9.70. The SMILES string of the molecule is CN=C(NCc1ncc(-c2ccc(C)cc2)o1)NC1CCC(NC(=O)OC(C)(C)C)CC1. The molecule has 8 nitrogen and oxygen atoms in total. The summed E-state index contributed by atoms with van der Waals surface area (Å²) in [6.07, 6.45) is 5.08. The molecule has 1 aromatic carbocycles. The molecule has 3 rings (SSSR count). The minimum atomic E-state index is -0.481. The van der Waals surface area contributed by atoms with Gasteiger partial charge in [0.2, 0.25) is 5.89 Å². The molecule has 3 N–H and O–H groups in total. The van der Waals surface area contributed by atoms with E-state index in [1.807, 2.05) is 32.9 Å². The van der Waals surface area contributed by atoms with E-state index in [2.05, 4.69) is 45.0 Å². The summed E-state index contributed by atoms with van der Waals surface area (Å²) in [5.74, 6) is 2.07. The van der Waals surface area contributed by atoms with E-state index in [0.717, 1.165) is 37.0 Å². The lowest BCUT2D eigenvalue weighted by molar-refractivity contribution is 0.0490. The molecule has 0 bridgehead atoms. The van der Waals surface area contributed by atoms with Gasteiger partial charge < -0.3 is 25.1 Å². The Morgan fingerprint density at radius 3 is 2.34 bits per heavy atom. The fourth-order valence-corrected chi connectivity index (χ4v) is 3.65. The maximum Gasteiger partial charge on any atom is 0.407 e. The van der Waals surface area contributed by atoms with E-state index < -0.39 is 5.60 Å². The van der Waals surface area contributed by atoms with Crippen molar-refractivity contribution < 1.29 is 13.9 Å². The molecule has 174 valence electrons. The largest absolute Gasteiger partial charge is 0.444 e. The Morgan fingerprint density at radius 1 is 1.12 bits per heavy atom. The lowest BCUT2D eigenvalue weighted by Gasteiger charge is -2.31. The van der Waals surface area contributed by atoms with Crippen LogP contribution in [0, 0.1) is 6.92 Å². The van der Waals surface area contributed by atoms with Gasteiger partial charge in [0.05, 0.1) is 12.7 Å². The van der Waals surface area contributed by atoms with Gasteiger partial charge in [-0.05, 0) is 53.4 Å². The molecule has 1 amide bonds. The molecule has 1 aliphatic rings. The number of alkyl carbamates (subject to hydrolysis) is 1. The van der Waals surface area contributed by atoms with E-state index in [9.17, 15) is 4.79 Å². The highest BCUT2D eigenvalue weighted by molar-refractivity contribution is 5.79. The molecule has 1 heterocycles. The van der Waals surface area contributed by atoms with Crippen LogP contribution in [0.1, 0.15) is 57.9 Å². The first-order valence-electron chi connectivity index (χ1n) is 11.2. The molecule has 0 saturated heterocycles. The molecule has 1 fully saturated rings. The molecule has 0 unspecified atom stereocenters. The van der Waals surface area contributed by atoms with Crippen LogP contribution in [0.4, 0.5) is 4.79 Å². The smallest absolute Gasteiger partial charge is 0.407 e. The topological polar surface area (TPSA) is 101 Å². The van der Waals surface area contributed by atoms with Crippen LogP contribution < -0.4 is 16.0 Å². The highest BCUT2D eigenvalue weighted by Gasteiger charge is 2.25. The van der Waals surface area contributed by atoms with Crippen LogP contribution in [0.25, 0.3) is 11.3 Å². The first kappa shape index (κ1) is 23.6. The van der Waals surface area contributed by atoms with Crippen molar-refractivity contribution >= 4 is 12.1 Å². The van der Waals surface area contributed by atoms with Crippen molar-refractivity contribution in [1.29, 1.82) is 0 Å². The fourth-order valence-electron chi connectivity index (χ4n) is 3.65. The Labute approximate surface area is 190 Å². The van der Waals surface area contributed by atoms with Crippen LogP contribution in [0.2, 0.25) is 0 Å². The van der Waals surface area contributed by atoms with Gasteiger partial charge in [0, 0.05) is 24.7 Å². The molecule has 1 saturated carbocycles. The molecule has 8 heteroatoms. The Kier molecular flexibility index (Phi) is 7.77. The molecular formula is C24H35N5O3. The third-order valence-electron chi connectivity index (χ3n) is 5.31. The third kappa shape index (κ3) is 7.28. The van der Waals surface area contributed by atoms with Crippen LogP contribution in [-0.4, -0.2) is 41.8 Å². The van der Waals surface area contributed by atoms with E-state index in [4.69, 9.17) is 9.15 Å². The second-order valence-electron chi connectivity index (χ2n) is 9.25. The zero-order valence-electron chi connectivity index (χ0n) is 19.7. The maximum atomic E-state index is 12.0. The van der Waals surface area contributed by atoms with E-state index in [1.54, 1.807) is 13.2 Å². The first-order chi connectivity index (χ1) is 15.2. The second kappa shape index (κ2) is 10.5. The summed E-state index contributed by atoms with van der Waals surface area (Å²) in [5.41, 5.74) is 1.73. The van der Waals surface area contributed by atoms with Gasteiger partial charge in [0.15, 0.2) is 11.7 Å². The number of guanidine groups is 1. The van der Waals surface area contributed by atoms with Crippen molar-refractivity contribution in [2.75, 3.05) is 7.05 Å². The van der Waals surface area contributed by atoms with Gasteiger partial charge in [-0.25, -0.2) is 9.78 Å². The van der Waals surface area contributed by atoms with Gasteiger partial charge in [-0.1, -0.05) is 29.8 Å². The van der Waals surface area contributed by atoms with E-state index in [-0.39, 0.29) is 12.1 Å². The predicted molar refractivity (Wildman–Crippen MR) is 125 cm³/mol. The standard InChI is InChI=1S/C24H35N5O3/c1-16-6-8-17(9-7-16)20-14-26-21(31-20)15-27-22(25-5)28-18-10-12-19(13-11-18)29-23(30)32-24(2,3)4/h6-9,14,18-19H,10-13,15H2,1-5H3,(H,29,30)(H2,25,27,28). The van der Waals surface area contributed by atoms with Crippen molar-refractivity contribution in [1.82, 2.24) is 20.9 Å². The second-order valence-corrected chi connectivity index (χ2v) is 9.25. The van der Waals surface area contributed by atoms with Crippen LogP contribution in [-0.2, 0) is 11.3 Å². The fraction of sp³-hybridized carbons (Fsp3) is 0.542. The summed E-state index contributed by atoms with van der Waals surface area (Å²) in [4.78, 5) is 20.6. The van der Waals surface area contributed by atoms with Crippen molar-refractivity contribution in [3.63, 3.8) is 0 Å². The number of hydrogen-bond acceptors (Lipinski definition) is 5. The molecule has 0 atom stereocenters. The molecule has 1 aromatic heterocycles. The Balaban J connectivity index is 1.42. The summed E-state index contributed by atoms with van der Waals surface area (Å²) in [6, 6.07) is 8.61. The highest BCUT2D eigenvalue weighted by Crippen LogP contribution is 2.21. The minimum Gasteiger partial charge on any atom is -0.444 e. The van der Waals surface area contributed by atoms with Crippen molar-refractivity contribution in [2.24, 2.45) is 4.99 Å². The number of nitrogens with zero attached hydrogens (tertiary/aromatic N) is 2. The zero-order valence-corrected chi connectivity index (χ0v) is 19.7.